The summed E-state index contributed by atoms with van der Waals surface area (Å²) in [5.41, 5.74) is 4.17. The lowest BCUT2D eigenvalue weighted by molar-refractivity contribution is 0.499. The van der Waals surface area contributed by atoms with E-state index in [1.165, 1.54) is 16.7 Å². The maximum absolute atomic E-state index is 5.91. The summed E-state index contributed by atoms with van der Waals surface area (Å²) in [6.45, 7) is 0.948. The van der Waals surface area contributed by atoms with E-state index in [1.54, 1.807) is 0 Å². The lowest BCUT2D eigenvalue weighted by Gasteiger charge is -2.26. The Labute approximate surface area is 106 Å². The summed E-state index contributed by atoms with van der Waals surface area (Å²) in [7, 11) is 0. The Balaban J connectivity index is 1.86. The van der Waals surface area contributed by atoms with Crippen molar-refractivity contribution in [2.45, 2.75) is 19.0 Å². The summed E-state index contributed by atoms with van der Waals surface area (Å²) < 4.78 is 0. The van der Waals surface area contributed by atoms with Crippen LogP contribution in [0.3, 0.4) is 0 Å². The van der Waals surface area contributed by atoms with Crippen LogP contribution in [0.15, 0.2) is 48.5 Å². The highest BCUT2D eigenvalue weighted by molar-refractivity contribution is 6.30. The van der Waals surface area contributed by atoms with Gasteiger partial charge in [0, 0.05) is 17.6 Å². The fourth-order valence-corrected chi connectivity index (χ4v) is 2.51. The van der Waals surface area contributed by atoms with Gasteiger partial charge in [-0.1, -0.05) is 48.0 Å². The molecule has 1 heterocycles. The van der Waals surface area contributed by atoms with Gasteiger partial charge in [-0.25, -0.2) is 0 Å². The quantitative estimate of drug-likeness (QED) is 0.805. The first-order valence-corrected chi connectivity index (χ1v) is 6.26. The molecule has 1 atom stereocenters. The number of hydrogen-bond donors (Lipinski definition) is 1. The van der Waals surface area contributed by atoms with Crippen molar-refractivity contribution >= 4 is 11.6 Å². The average Bonchev–Trinajstić information content (AvgIpc) is 2.39. The molecule has 86 valence electrons. The van der Waals surface area contributed by atoms with Crippen LogP contribution in [0.2, 0.25) is 5.02 Å². The Morgan fingerprint density at radius 3 is 2.41 bits per heavy atom. The Morgan fingerprint density at radius 2 is 1.65 bits per heavy atom. The lowest BCUT2D eigenvalue weighted by atomic mass is 9.92. The van der Waals surface area contributed by atoms with Gasteiger partial charge in [0.2, 0.25) is 0 Å². The van der Waals surface area contributed by atoms with Gasteiger partial charge < -0.3 is 5.32 Å². The molecule has 2 aromatic rings. The summed E-state index contributed by atoms with van der Waals surface area (Å²) in [5.74, 6) is 0. The highest BCUT2D eigenvalue weighted by Crippen LogP contribution is 2.26. The summed E-state index contributed by atoms with van der Waals surface area (Å²) >= 11 is 5.91. The normalized spacial score (nSPS) is 18.8. The third kappa shape index (κ3) is 2.21. The first-order valence-electron chi connectivity index (χ1n) is 5.88. The van der Waals surface area contributed by atoms with Crippen LogP contribution in [0.5, 0.6) is 0 Å². The second-order valence-corrected chi connectivity index (χ2v) is 4.89. The molecule has 2 aromatic carbocycles. The summed E-state index contributed by atoms with van der Waals surface area (Å²) in [6.07, 6.45) is 1.05. The molecule has 17 heavy (non-hydrogen) atoms. The minimum Gasteiger partial charge on any atom is -0.306 e. The van der Waals surface area contributed by atoms with E-state index in [-0.39, 0.29) is 0 Å². The van der Waals surface area contributed by atoms with E-state index in [1.807, 2.05) is 12.1 Å². The van der Waals surface area contributed by atoms with E-state index in [0.29, 0.717) is 6.04 Å². The SMILES string of the molecule is Clc1ccc(C2Cc3ccccc3CN2)cc1. The molecule has 0 amide bonds. The smallest absolute Gasteiger partial charge is 0.0406 e. The van der Waals surface area contributed by atoms with Crippen LogP contribution in [0.4, 0.5) is 0 Å². The monoisotopic (exact) mass is 243 g/mol. The van der Waals surface area contributed by atoms with E-state index in [9.17, 15) is 0 Å². The maximum atomic E-state index is 5.91. The van der Waals surface area contributed by atoms with Crippen molar-refractivity contribution in [1.82, 2.24) is 5.32 Å². The van der Waals surface area contributed by atoms with Crippen molar-refractivity contribution in [2.24, 2.45) is 0 Å². The van der Waals surface area contributed by atoms with Crippen molar-refractivity contribution in [3.63, 3.8) is 0 Å². The van der Waals surface area contributed by atoms with Crippen LogP contribution in [0, 0.1) is 0 Å². The first kappa shape index (κ1) is 10.8. The fraction of sp³-hybridized carbons (Fsp3) is 0.200. The zero-order valence-electron chi connectivity index (χ0n) is 9.49. The Hall–Kier alpha value is -1.31. The molecule has 1 N–H and O–H groups in total. The molecule has 0 fully saturated rings. The zero-order chi connectivity index (χ0) is 11.7. The van der Waals surface area contributed by atoms with Crippen LogP contribution in [-0.4, -0.2) is 0 Å². The predicted octanol–water partition coefficient (Wildman–Crippen LogP) is 3.73. The Bertz CT molecular complexity index is 519. The van der Waals surface area contributed by atoms with Gasteiger partial charge in [-0.2, -0.15) is 0 Å². The molecule has 0 aliphatic carbocycles. The van der Waals surface area contributed by atoms with Crippen LogP contribution in [-0.2, 0) is 13.0 Å². The van der Waals surface area contributed by atoms with Gasteiger partial charge in [0.1, 0.15) is 0 Å². The fourth-order valence-electron chi connectivity index (χ4n) is 2.39. The van der Waals surface area contributed by atoms with E-state index in [4.69, 9.17) is 11.6 Å². The third-order valence-corrected chi connectivity index (χ3v) is 3.61. The van der Waals surface area contributed by atoms with E-state index < -0.39 is 0 Å². The van der Waals surface area contributed by atoms with Gasteiger partial charge in [-0.3, -0.25) is 0 Å². The maximum Gasteiger partial charge on any atom is 0.0406 e. The number of hydrogen-bond acceptors (Lipinski definition) is 1. The minimum atomic E-state index is 0.405. The number of fused-ring (bicyclic) bond motifs is 1. The molecule has 0 bridgehead atoms. The molecular formula is C15H14ClN. The number of nitrogens with one attached hydrogen (secondary N) is 1. The third-order valence-electron chi connectivity index (χ3n) is 3.35. The predicted molar refractivity (Wildman–Crippen MR) is 71.2 cm³/mol. The summed E-state index contributed by atoms with van der Waals surface area (Å²) in [5, 5.41) is 4.36. The van der Waals surface area contributed by atoms with Gasteiger partial charge in [0.25, 0.3) is 0 Å². The van der Waals surface area contributed by atoms with E-state index >= 15 is 0 Å². The molecule has 1 aliphatic heterocycles. The average molecular weight is 244 g/mol. The second kappa shape index (κ2) is 4.52. The van der Waals surface area contributed by atoms with Crippen molar-refractivity contribution in [3.8, 4) is 0 Å². The van der Waals surface area contributed by atoms with Crippen LogP contribution < -0.4 is 5.32 Å². The first-order chi connectivity index (χ1) is 8.33. The van der Waals surface area contributed by atoms with Gasteiger partial charge in [-0.05, 0) is 35.2 Å². The molecule has 0 spiro atoms. The van der Waals surface area contributed by atoms with Crippen LogP contribution >= 0.6 is 11.6 Å². The van der Waals surface area contributed by atoms with Crippen LogP contribution in [0.1, 0.15) is 22.7 Å². The van der Waals surface area contributed by atoms with Crippen molar-refractivity contribution < 1.29 is 0 Å². The molecule has 3 rings (SSSR count). The minimum absolute atomic E-state index is 0.405. The molecule has 0 radical (unpaired) electrons. The largest absolute Gasteiger partial charge is 0.306 e. The second-order valence-electron chi connectivity index (χ2n) is 4.46. The molecule has 1 aliphatic rings. The number of rotatable bonds is 1. The Kier molecular flexibility index (Phi) is 2.87. The topological polar surface area (TPSA) is 12.0 Å². The van der Waals surface area contributed by atoms with Crippen LogP contribution in [0.25, 0.3) is 0 Å². The molecule has 0 saturated heterocycles. The van der Waals surface area contributed by atoms with Crippen molar-refractivity contribution in [1.29, 1.82) is 0 Å². The lowest BCUT2D eigenvalue weighted by Crippen LogP contribution is -2.28. The van der Waals surface area contributed by atoms with E-state index in [2.05, 4.69) is 41.7 Å². The highest BCUT2D eigenvalue weighted by atomic mass is 35.5. The molecule has 1 unspecified atom stereocenters. The summed E-state index contributed by atoms with van der Waals surface area (Å²) in [4.78, 5) is 0. The van der Waals surface area contributed by atoms with Crippen molar-refractivity contribution in [3.05, 3.63) is 70.2 Å². The van der Waals surface area contributed by atoms with Gasteiger partial charge >= 0.3 is 0 Å². The van der Waals surface area contributed by atoms with Gasteiger partial charge in [-0.15, -0.1) is 0 Å². The molecule has 1 nitrogen and oxygen atoms in total. The number of halogens is 1. The highest BCUT2D eigenvalue weighted by Gasteiger charge is 2.18. The van der Waals surface area contributed by atoms with Crippen molar-refractivity contribution in [2.75, 3.05) is 0 Å². The zero-order valence-corrected chi connectivity index (χ0v) is 10.2. The van der Waals surface area contributed by atoms with E-state index in [0.717, 1.165) is 18.0 Å². The molecule has 0 aromatic heterocycles. The number of benzene rings is 2. The molecule has 2 heteroatoms. The Morgan fingerprint density at radius 1 is 0.941 bits per heavy atom. The summed E-state index contributed by atoms with van der Waals surface area (Å²) in [6, 6.07) is 17.2. The molecular weight excluding hydrogens is 230 g/mol. The standard InChI is InChI=1S/C15H14ClN/c16-14-7-5-11(6-8-14)15-9-12-3-1-2-4-13(12)10-17-15/h1-8,15,17H,9-10H2. The van der Waals surface area contributed by atoms with Gasteiger partial charge in [0.15, 0.2) is 0 Å². The van der Waals surface area contributed by atoms with Gasteiger partial charge in [0.05, 0.1) is 0 Å². The molecule has 0 saturated carbocycles.